The van der Waals surface area contributed by atoms with Gasteiger partial charge in [-0.1, -0.05) is 0 Å². The number of nitrogens with one attached hydrogen (secondary N) is 2. The minimum Gasteiger partial charge on any atom is -0.425 e. The Kier molecular flexibility index (Phi) is 2.31. The van der Waals surface area contributed by atoms with Crippen molar-refractivity contribution in [2.75, 3.05) is 18.4 Å². The molecule has 1 aromatic heterocycles. The lowest BCUT2D eigenvalue weighted by Crippen LogP contribution is -2.45. The average molecular weight is 245 g/mol. The van der Waals surface area contributed by atoms with Crippen LogP contribution in [0.1, 0.15) is 24.4 Å². The topological polar surface area (TPSA) is 99.9 Å². The summed E-state index contributed by atoms with van der Waals surface area (Å²) in [5.41, 5.74) is 6.98. The number of hydrogen-bond donors (Lipinski definition) is 3. The fourth-order valence-corrected chi connectivity index (χ4v) is 2.90. The Labute approximate surface area is 105 Å². The number of fused-ring (bicyclic) bond motifs is 2. The van der Waals surface area contributed by atoms with Crippen molar-refractivity contribution >= 4 is 5.88 Å². The molecule has 1 saturated heterocycles. The Morgan fingerprint density at radius 2 is 2.17 bits per heavy atom. The maximum absolute atomic E-state index is 9.40. The Balaban J connectivity index is 2.21. The van der Waals surface area contributed by atoms with E-state index >= 15 is 0 Å². The summed E-state index contributed by atoms with van der Waals surface area (Å²) in [5.74, 6) is 1.58. The first kappa shape index (κ1) is 11.1. The van der Waals surface area contributed by atoms with Crippen LogP contribution in [0.5, 0.6) is 0 Å². The van der Waals surface area contributed by atoms with Gasteiger partial charge in [-0.05, 0) is 25.9 Å². The van der Waals surface area contributed by atoms with Crippen LogP contribution in [0.15, 0.2) is 15.8 Å². The summed E-state index contributed by atoms with van der Waals surface area (Å²) in [6, 6.07) is 2.25. The summed E-state index contributed by atoms with van der Waals surface area (Å²) in [5, 5.41) is 15.6. The van der Waals surface area contributed by atoms with E-state index in [0.717, 1.165) is 31.6 Å². The zero-order valence-electron chi connectivity index (χ0n) is 10.2. The quantitative estimate of drug-likeness (QED) is 0.623. The zero-order valence-corrected chi connectivity index (χ0v) is 10.2. The van der Waals surface area contributed by atoms with Gasteiger partial charge in [0.1, 0.15) is 11.5 Å². The normalized spacial score (nSPS) is 21.3. The number of hydrogen-bond acceptors (Lipinski definition) is 6. The lowest BCUT2D eigenvalue weighted by molar-refractivity contribution is 0.350. The molecule has 3 heterocycles. The molecule has 2 aliphatic rings. The van der Waals surface area contributed by atoms with Crippen LogP contribution >= 0.6 is 0 Å². The third kappa shape index (κ3) is 1.34. The molecule has 0 unspecified atom stereocenters. The molecule has 1 spiro atoms. The molecule has 0 aromatic carbocycles. The Morgan fingerprint density at radius 3 is 2.83 bits per heavy atom. The maximum atomic E-state index is 9.40. The van der Waals surface area contributed by atoms with Crippen molar-refractivity contribution in [1.29, 1.82) is 5.26 Å². The third-order valence-corrected chi connectivity index (χ3v) is 3.75. The van der Waals surface area contributed by atoms with Gasteiger partial charge in [-0.2, -0.15) is 5.26 Å². The van der Waals surface area contributed by atoms with Gasteiger partial charge in [0.2, 0.25) is 5.88 Å². The second-order valence-electron chi connectivity index (χ2n) is 4.77. The number of rotatable bonds is 0. The van der Waals surface area contributed by atoms with Gasteiger partial charge in [-0.3, -0.25) is 0 Å². The molecular formula is C12H15N5O. The van der Waals surface area contributed by atoms with Crippen molar-refractivity contribution in [3.8, 4) is 6.07 Å². The molecule has 18 heavy (non-hydrogen) atoms. The van der Waals surface area contributed by atoms with E-state index in [4.69, 9.17) is 10.2 Å². The number of nitrogens with zero attached hydrogens (tertiary/aromatic N) is 2. The zero-order chi connectivity index (χ0) is 12.8. The lowest BCUT2D eigenvalue weighted by atomic mass is 9.69. The van der Waals surface area contributed by atoms with E-state index in [0.29, 0.717) is 23.2 Å². The predicted octanol–water partition coefficient (Wildman–Crippen LogP) is 0.724. The fourth-order valence-electron chi connectivity index (χ4n) is 2.90. The van der Waals surface area contributed by atoms with Crippen molar-refractivity contribution in [3.05, 3.63) is 23.0 Å². The maximum Gasteiger partial charge on any atom is 0.223 e. The first-order valence-corrected chi connectivity index (χ1v) is 6.03. The summed E-state index contributed by atoms with van der Waals surface area (Å²) >= 11 is 0. The molecule has 6 nitrogen and oxygen atoms in total. The molecule has 0 radical (unpaired) electrons. The largest absolute Gasteiger partial charge is 0.425 e. The van der Waals surface area contributed by atoms with Gasteiger partial charge in [0.25, 0.3) is 0 Å². The Bertz CT molecular complexity index is 560. The number of allylic oxidation sites excluding steroid dienone is 1. The number of anilines is 1. The molecule has 2 aliphatic heterocycles. The first-order valence-electron chi connectivity index (χ1n) is 6.03. The SMILES string of the molecule is Cc1nc2c(o1)NC(N)=C(C#N)C21CCNCC1. The van der Waals surface area contributed by atoms with Crippen molar-refractivity contribution in [3.63, 3.8) is 0 Å². The second-order valence-corrected chi connectivity index (χ2v) is 4.77. The molecule has 0 bridgehead atoms. The highest BCUT2D eigenvalue weighted by molar-refractivity contribution is 5.61. The fraction of sp³-hybridized carbons (Fsp3) is 0.500. The predicted molar refractivity (Wildman–Crippen MR) is 65.5 cm³/mol. The highest BCUT2D eigenvalue weighted by Gasteiger charge is 2.46. The van der Waals surface area contributed by atoms with E-state index in [1.807, 2.05) is 0 Å². The van der Waals surface area contributed by atoms with E-state index in [1.165, 1.54) is 0 Å². The third-order valence-electron chi connectivity index (χ3n) is 3.75. The van der Waals surface area contributed by atoms with Gasteiger partial charge in [-0.15, -0.1) is 0 Å². The van der Waals surface area contributed by atoms with Gasteiger partial charge in [0, 0.05) is 6.92 Å². The minimum absolute atomic E-state index is 0.386. The van der Waals surface area contributed by atoms with Crippen LogP contribution in [0, 0.1) is 18.3 Å². The van der Waals surface area contributed by atoms with Crippen LogP contribution < -0.4 is 16.4 Å². The highest BCUT2D eigenvalue weighted by Crippen LogP contribution is 2.46. The number of aryl methyl sites for hydroxylation is 1. The van der Waals surface area contributed by atoms with Gasteiger partial charge >= 0.3 is 0 Å². The van der Waals surface area contributed by atoms with Crippen molar-refractivity contribution < 1.29 is 4.42 Å². The Hall–Kier alpha value is -2.00. The molecular weight excluding hydrogens is 230 g/mol. The number of aromatic nitrogens is 1. The summed E-state index contributed by atoms with van der Waals surface area (Å²) in [6.45, 7) is 3.50. The number of nitrogens with two attached hydrogens (primary N) is 1. The molecule has 6 heteroatoms. The van der Waals surface area contributed by atoms with Crippen LogP contribution in [-0.4, -0.2) is 18.1 Å². The first-order chi connectivity index (χ1) is 8.67. The number of piperidine rings is 1. The van der Waals surface area contributed by atoms with Crippen LogP contribution in [0.2, 0.25) is 0 Å². The van der Waals surface area contributed by atoms with E-state index in [-0.39, 0.29) is 5.41 Å². The van der Waals surface area contributed by atoms with Crippen molar-refractivity contribution in [1.82, 2.24) is 10.3 Å². The molecule has 94 valence electrons. The number of nitriles is 1. The molecule has 0 saturated carbocycles. The summed E-state index contributed by atoms with van der Waals surface area (Å²) in [6.07, 6.45) is 1.63. The van der Waals surface area contributed by atoms with Gasteiger partial charge in [0.05, 0.1) is 17.1 Å². The van der Waals surface area contributed by atoms with Crippen LogP contribution in [0.4, 0.5) is 5.88 Å². The van der Waals surface area contributed by atoms with Crippen molar-refractivity contribution in [2.24, 2.45) is 5.73 Å². The van der Waals surface area contributed by atoms with Gasteiger partial charge < -0.3 is 20.8 Å². The summed E-state index contributed by atoms with van der Waals surface area (Å²) in [4.78, 5) is 4.46. The molecule has 1 aromatic rings. The van der Waals surface area contributed by atoms with E-state index < -0.39 is 0 Å². The van der Waals surface area contributed by atoms with Crippen LogP contribution in [0.25, 0.3) is 0 Å². The second kappa shape index (κ2) is 3.75. The minimum atomic E-state index is -0.386. The summed E-state index contributed by atoms with van der Waals surface area (Å²) < 4.78 is 5.53. The van der Waals surface area contributed by atoms with Crippen LogP contribution in [0.3, 0.4) is 0 Å². The summed E-state index contributed by atoms with van der Waals surface area (Å²) in [7, 11) is 0. The standard InChI is InChI=1S/C12H15N5O/c1-7-16-9-11(18-7)17-10(14)8(6-13)12(9)2-4-15-5-3-12/h15,17H,2-5,14H2,1H3. The molecule has 4 N–H and O–H groups in total. The van der Waals surface area contributed by atoms with Crippen molar-refractivity contribution in [2.45, 2.75) is 25.2 Å². The Morgan fingerprint density at radius 1 is 1.44 bits per heavy atom. The van der Waals surface area contributed by atoms with E-state index in [2.05, 4.69) is 21.7 Å². The van der Waals surface area contributed by atoms with E-state index in [1.54, 1.807) is 6.92 Å². The smallest absolute Gasteiger partial charge is 0.223 e. The molecule has 0 amide bonds. The average Bonchev–Trinajstić information content (AvgIpc) is 2.72. The van der Waals surface area contributed by atoms with Gasteiger partial charge in [0.15, 0.2) is 5.89 Å². The van der Waals surface area contributed by atoms with E-state index in [9.17, 15) is 5.26 Å². The molecule has 1 fully saturated rings. The molecule has 0 atom stereocenters. The number of oxazole rings is 1. The molecule has 3 rings (SSSR count). The highest BCUT2D eigenvalue weighted by atomic mass is 16.4. The van der Waals surface area contributed by atoms with Gasteiger partial charge in [-0.25, -0.2) is 4.98 Å². The monoisotopic (exact) mass is 245 g/mol. The lowest BCUT2D eigenvalue weighted by Gasteiger charge is -2.38. The molecule has 0 aliphatic carbocycles. The van der Waals surface area contributed by atoms with Crippen LogP contribution in [-0.2, 0) is 5.41 Å².